The van der Waals surface area contributed by atoms with Crippen LogP contribution in [-0.4, -0.2) is 24.0 Å². The maximum absolute atomic E-state index is 12.0. The molecule has 1 unspecified atom stereocenters. The van der Waals surface area contributed by atoms with Gasteiger partial charge in [-0.3, -0.25) is 4.79 Å². The van der Waals surface area contributed by atoms with Crippen LogP contribution in [-0.2, 0) is 11.2 Å². The van der Waals surface area contributed by atoms with Crippen LogP contribution in [0.5, 0.6) is 5.75 Å². The van der Waals surface area contributed by atoms with Crippen molar-refractivity contribution in [3.05, 3.63) is 45.9 Å². The van der Waals surface area contributed by atoms with Gasteiger partial charge in [-0.15, -0.1) is 11.3 Å². The predicted molar refractivity (Wildman–Crippen MR) is 103 cm³/mol. The molecule has 1 aromatic carbocycles. The first-order valence-electron chi connectivity index (χ1n) is 8.99. The smallest absolute Gasteiger partial charge is 0.257 e. The van der Waals surface area contributed by atoms with Crippen molar-refractivity contribution in [3.63, 3.8) is 0 Å². The molecule has 5 heteroatoms. The number of nitrogens with zero attached hydrogens (tertiary/aromatic N) is 1. The number of thiazole rings is 1. The number of unbranched alkanes of at least 4 members (excludes halogenated alkanes) is 1. The first kappa shape index (κ1) is 19.4. The average Bonchev–Trinajstić information content (AvgIpc) is 3.04. The van der Waals surface area contributed by atoms with Crippen LogP contribution in [0.4, 0.5) is 0 Å². The largest absolute Gasteiger partial charge is 0.483 e. The highest BCUT2D eigenvalue weighted by molar-refractivity contribution is 7.09. The van der Waals surface area contributed by atoms with Crippen LogP contribution in [0.3, 0.4) is 0 Å². The Balaban J connectivity index is 1.66. The zero-order valence-corrected chi connectivity index (χ0v) is 16.2. The van der Waals surface area contributed by atoms with Crippen LogP contribution in [0.15, 0.2) is 29.6 Å². The Labute approximate surface area is 154 Å². The highest BCUT2D eigenvalue weighted by Crippen LogP contribution is 2.28. The summed E-state index contributed by atoms with van der Waals surface area (Å²) in [5.74, 6) is 1.17. The zero-order chi connectivity index (χ0) is 18.1. The Bertz CT molecular complexity index is 669. The summed E-state index contributed by atoms with van der Waals surface area (Å²) in [5.41, 5.74) is 2.25. The van der Waals surface area contributed by atoms with Crippen molar-refractivity contribution >= 4 is 17.2 Å². The summed E-state index contributed by atoms with van der Waals surface area (Å²) in [6, 6.07) is 7.96. The van der Waals surface area contributed by atoms with Gasteiger partial charge in [0.05, 0.1) is 5.01 Å². The maximum Gasteiger partial charge on any atom is 0.257 e. The lowest BCUT2D eigenvalue weighted by molar-refractivity contribution is -0.123. The number of amides is 1. The second kappa shape index (κ2) is 10.2. The van der Waals surface area contributed by atoms with Gasteiger partial charge in [-0.25, -0.2) is 4.98 Å². The van der Waals surface area contributed by atoms with Crippen LogP contribution in [0.1, 0.15) is 55.3 Å². The molecule has 1 aromatic heterocycles. The predicted octanol–water partition coefficient (Wildman–Crippen LogP) is 4.48. The molecule has 0 radical (unpaired) electrons. The van der Waals surface area contributed by atoms with Gasteiger partial charge in [0.25, 0.3) is 5.91 Å². The molecule has 0 aliphatic rings. The van der Waals surface area contributed by atoms with E-state index in [2.05, 4.69) is 35.6 Å². The normalized spacial score (nSPS) is 12.0. The van der Waals surface area contributed by atoms with E-state index < -0.39 is 0 Å². The Kier molecular flexibility index (Phi) is 7.92. The molecule has 2 rings (SSSR count). The average molecular weight is 361 g/mol. The molecular weight excluding hydrogens is 332 g/mol. The van der Waals surface area contributed by atoms with Gasteiger partial charge in [-0.05, 0) is 50.2 Å². The number of nitrogens with one attached hydrogen (secondary N) is 1. The van der Waals surface area contributed by atoms with Gasteiger partial charge in [0.15, 0.2) is 6.61 Å². The number of hydrogen-bond acceptors (Lipinski definition) is 4. The fourth-order valence-electron chi connectivity index (χ4n) is 2.58. The number of carbonyl (C=O) groups excluding carboxylic acids is 1. The summed E-state index contributed by atoms with van der Waals surface area (Å²) in [6.45, 7) is 7.09. The summed E-state index contributed by atoms with van der Waals surface area (Å²) in [5, 5.41) is 6.18. The third-order valence-electron chi connectivity index (χ3n) is 4.23. The number of ether oxygens (including phenoxy) is 1. The van der Waals surface area contributed by atoms with Gasteiger partial charge in [-0.1, -0.05) is 32.0 Å². The minimum atomic E-state index is -0.0657. The van der Waals surface area contributed by atoms with E-state index in [1.165, 1.54) is 5.01 Å². The SMILES string of the molecule is CCC(C)c1ccccc1OCC(=O)NCCCCc1nc(C)cs1. The van der Waals surface area contributed by atoms with E-state index in [4.69, 9.17) is 4.74 Å². The van der Waals surface area contributed by atoms with Crippen molar-refractivity contribution < 1.29 is 9.53 Å². The van der Waals surface area contributed by atoms with E-state index in [0.29, 0.717) is 12.5 Å². The molecule has 1 amide bonds. The van der Waals surface area contributed by atoms with Gasteiger partial charge in [-0.2, -0.15) is 0 Å². The van der Waals surface area contributed by atoms with Crippen LogP contribution in [0.2, 0.25) is 0 Å². The third-order valence-corrected chi connectivity index (χ3v) is 5.25. The monoisotopic (exact) mass is 360 g/mol. The molecule has 0 aliphatic carbocycles. The highest BCUT2D eigenvalue weighted by Gasteiger charge is 2.11. The number of para-hydroxylation sites is 1. The third kappa shape index (κ3) is 6.50. The fraction of sp³-hybridized carbons (Fsp3) is 0.500. The molecular formula is C20H28N2O2S. The van der Waals surface area contributed by atoms with E-state index >= 15 is 0 Å². The van der Waals surface area contributed by atoms with Gasteiger partial charge < -0.3 is 10.1 Å². The molecule has 0 fully saturated rings. The Morgan fingerprint density at radius 2 is 2.12 bits per heavy atom. The molecule has 0 aliphatic heterocycles. The summed E-state index contributed by atoms with van der Waals surface area (Å²) in [4.78, 5) is 16.4. The standard InChI is InChI=1S/C20H28N2O2S/c1-4-15(2)17-9-5-6-10-18(17)24-13-19(23)21-12-8-7-11-20-22-16(3)14-25-20/h5-6,9-10,14-15H,4,7-8,11-13H2,1-3H3,(H,21,23). The van der Waals surface area contributed by atoms with Crippen LogP contribution < -0.4 is 10.1 Å². The molecule has 0 saturated heterocycles. The Morgan fingerprint density at radius 1 is 1.32 bits per heavy atom. The van der Waals surface area contributed by atoms with Crippen molar-refractivity contribution in [2.24, 2.45) is 0 Å². The highest BCUT2D eigenvalue weighted by atomic mass is 32.1. The number of benzene rings is 1. The van der Waals surface area contributed by atoms with Crippen molar-refractivity contribution in [2.45, 2.75) is 52.4 Å². The summed E-state index contributed by atoms with van der Waals surface area (Å²) >= 11 is 1.71. The molecule has 1 atom stereocenters. The molecule has 4 nitrogen and oxygen atoms in total. The minimum absolute atomic E-state index is 0.0657. The fourth-order valence-corrected chi connectivity index (χ4v) is 3.40. The van der Waals surface area contributed by atoms with Crippen molar-refractivity contribution in [3.8, 4) is 5.75 Å². The lowest BCUT2D eigenvalue weighted by Gasteiger charge is -2.15. The second-order valence-corrected chi connectivity index (χ2v) is 7.27. The summed E-state index contributed by atoms with van der Waals surface area (Å²) in [6.07, 6.45) is 4.01. The lowest BCUT2D eigenvalue weighted by atomic mass is 9.98. The van der Waals surface area contributed by atoms with E-state index in [9.17, 15) is 4.79 Å². The van der Waals surface area contributed by atoms with Gasteiger partial charge in [0.2, 0.25) is 0 Å². The molecule has 2 aromatic rings. The topological polar surface area (TPSA) is 51.2 Å². The van der Waals surface area contributed by atoms with Crippen LogP contribution in [0, 0.1) is 6.92 Å². The number of rotatable bonds is 10. The molecule has 0 bridgehead atoms. The molecule has 136 valence electrons. The zero-order valence-electron chi connectivity index (χ0n) is 15.4. The van der Waals surface area contributed by atoms with E-state index in [-0.39, 0.29) is 12.5 Å². The summed E-state index contributed by atoms with van der Waals surface area (Å²) < 4.78 is 5.73. The molecule has 25 heavy (non-hydrogen) atoms. The first-order valence-corrected chi connectivity index (χ1v) is 9.87. The van der Waals surface area contributed by atoms with E-state index in [1.54, 1.807) is 11.3 Å². The quantitative estimate of drug-likeness (QED) is 0.636. The first-order chi connectivity index (χ1) is 12.1. The van der Waals surface area contributed by atoms with Crippen molar-refractivity contribution in [2.75, 3.05) is 13.2 Å². The molecule has 1 heterocycles. The lowest BCUT2D eigenvalue weighted by Crippen LogP contribution is -2.29. The van der Waals surface area contributed by atoms with Gasteiger partial charge in [0.1, 0.15) is 5.75 Å². The number of aryl methyl sites for hydroxylation is 2. The van der Waals surface area contributed by atoms with Crippen molar-refractivity contribution in [1.82, 2.24) is 10.3 Å². The second-order valence-electron chi connectivity index (χ2n) is 6.33. The molecule has 0 saturated carbocycles. The minimum Gasteiger partial charge on any atom is -0.483 e. The molecule has 1 N–H and O–H groups in total. The van der Waals surface area contributed by atoms with Crippen LogP contribution in [0.25, 0.3) is 0 Å². The van der Waals surface area contributed by atoms with Gasteiger partial charge >= 0.3 is 0 Å². The van der Waals surface area contributed by atoms with E-state index in [0.717, 1.165) is 42.7 Å². The number of carbonyl (C=O) groups is 1. The van der Waals surface area contributed by atoms with Crippen LogP contribution >= 0.6 is 11.3 Å². The van der Waals surface area contributed by atoms with E-state index in [1.807, 2.05) is 25.1 Å². The summed E-state index contributed by atoms with van der Waals surface area (Å²) in [7, 11) is 0. The number of hydrogen-bond donors (Lipinski definition) is 1. The number of aromatic nitrogens is 1. The maximum atomic E-state index is 12.0. The Morgan fingerprint density at radius 3 is 2.84 bits per heavy atom. The van der Waals surface area contributed by atoms with Crippen molar-refractivity contribution in [1.29, 1.82) is 0 Å². The molecule has 0 spiro atoms. The van der Waals surface area contributed by atoms with Gasteiger partial charge in [0, 0.05) is 17.6 Å². The Hall–Kier alpha value is -1.88.